The number of aryl methyl sites for hydroxylation is 3. The van der Waals surface area contributed by atoms with Gasteiger partial charge in [-0.1, -0.05) is 6.07 Å². The lowest BCUT2D eigenvalue weighted by Gasteiger charge is -2.09. The fourth-order valence-corrected chi connectivity index (χ4v) is 2.29. The van der Waals surface area contributed by atoms with E-state index in [1.54, 1.807) is 36.9 Å². The van der Waals surface area contributed by atoms with Gasteiger partial charge in [-0.2, -0.15) is 5.10 Å². The maximum atomic E-state index is 12.0. The molecule has 1 amide bonds. The van der Waals surface area contributed by atoms with E-state index in [2.05, 4.69) is 10.4 Å². The van der Waals surface area contributed by atoms with Gasteiger partial charge >= 0.3 is 5.97 Å². The van der Waals surface area contributed by atoms with Crippen LogP contribution >= 0.6 is 0 Å². The van der Waals surface area contributed by atoms with Crippen LogP contribution in [0.15, 0.2) is 18.2 Å². The van der Waals surface area contributed by atoms with Crippen LogP contribution in [0.25, 0.3) is 0 Å². The molecular formula is C17H21N3O4. The van der Waals surface area contributed by atoms with E-state index < -0.39 is 11.9 Å². The van der Waals surface area contributed by atoms with Gasteiger partial charge in [0.1, 0.15) is 5.75 Å². The molecule has 0 aliphatic rings. The van der Waals surface area contributed by atoms with Gasteiger partial charge in [-0.3, -0.25) is 9.48 Å². The van der Waals surface area contributed by atoms with Crippen molar-refractivity contribution in [1.29, 1.82) is 0 Å². The fourth-order valence-electron chi connectivity index (χ4n) is 2.29. The highest BCUT2D eigenvalue weighted by Gasteiger charge is 2.15. The standard InChI is InChI=1S/C17H21N3O4/c1-10-6-7-13(8-14(10)23-5)17(22)24-9-15(21)18-16-11(2)19-20(4)12(16)3/h6-8H,9H2,1-5H3,(H,18,21). The minimum absolute atomic E-state index is 0.332. The first-order valence-electron chi connectivity index (χ1n) is 7.45. The van der Waals surface area contributed by atoms with E-state index in [-0.39, 0.29) is 6.61 Å². The predicted molar refractivity (Wildman–Crippen MR) is 89.3 cm³/mol. The summed E-state index contributed by atoms with van der Waals surface area (Å²) in [4.78, 5) is 24.0. The van der Waals surface area contributed by atoms with Crippen molar-refractivity contribution in [1.82, 2.24) is 9.78 Å². The Morgan fingerprint density at radius 3 is 2.54 bits per heavy atom. The van der Waals surface area contributed by atoms with Crippen molar-refractivity contribution < 1.29 is 19.1 Å². The van der Waals surface area contributed by atoms with E-state index in [4.69, 9.17) is 9.47 Å². The average molecular weight is 331 g/mol. The third kappa shape index (κ3) is 3.73. The number of benzene rings is 1. The second-order valence-corrected chi connectivity index (χ2v) is 5.48. The van der Waals surface area contributed by atoms with Crippen molar-refractivity contribution in [3.8, 4) is 5.75 Å². The first-order valence-corrected chi connectivity index (χ1v) is 7.45. The van der Waals surface area contributed by atoms with Crippen LogP contribution < -0.4 is 10.1 Å². The third-order valence-corrected chi connectivity index (χ3v) is 3.75. The monoisotopic (exact) mass is 331 g/mol. The third-order valence-electron chi connectivity index (χ3n) is 3.75. The zero-order valence-corrected chi connectivity index (χ0v) is 14.5. The fraction of sp³-hybridized carbons (Fsp3) is 0.353. The van der Waals surface area contributed by atoms with Gasteiger partial charge in [0.2, 0.25) is 0 Å². The Morgan fingerprint density at radius 1 is 1.25 bits per heavy atom. The highest BCUT2D eigenvalue weighted by Crippen LogP contribution is 2.20. The molecule has 24 heavy (non-hydrogen) atoms. The van der Waals surface area contributed by atoms with E-state index >= 15 is 0 Å². The number of aromatic nitrogens is 2. The molecule has 0 aliphatic heterocycles. The van der Waals surface area contributed by atoms with Crippen LogP contribution in [0, 0.1) is 20.8 Å². The van der Waals surface area contributed by atoms with Crippen LogP contribution in [0.5, 0.6) is 5.75 Å². The molecule has 0 saturated heterocycles. The molecule has 1 heterocycles. The molecule has 2 rings (SSSR count). The second-order valence-electron chi connectivity index (χ2n) is 5.48. The number of anilines is 1. The number of hydrogen-bond acceptors (Lipinski definition) is 5. The van der Waals surface area contributed by atoms with Gasteiger partial charge in [0.15, 0.2) is 6.61 Å². The molecule has 7 nitrogen and oxygen atoms in total. The van der Waals surface area contributed by atoms with Crippen LogP contribution in [-0.2, 0) is 16.6 Å². The maximum absolute atomic E-state index is 12.0. The summed E-state index contributed by atoms with van der Waals surface area (Å²) in [5.41, 5.74) is 3.41. The summed E-state index contributed by atoms with van der Waals surface area (Å²) >= 11 is 0. The number of carbonyl (C=O) groups is 2. The van der Waals surface area contributed by atoms with Gasteiger partial charge < -0.3 is 14.8 Å². The molecule has 1 aromatic carbocycles. The lowest BCUT2D eigenvalue weighted by atomic mass is 10.1. The topological polar surface area (TPSA) is 82.4 Å². The Bertz CT molecular complexity index is 780. The highest BCUT2D eigenvalue weighted by molar-refractivity contribution is 5.96. The van der Waals surface area contributed by atoms with E-state index in [1.165, 1.54) is 7.11 Å². The largest absolute Gasteiger partial charge is 0.496 e. The van der Waals surface area contributed by atoms with Gasteiger partial charge in [-0.15, -0.1) is 0 Å². The Hall–Kier alpha value is -2.83. The molecule has 0 aliphatic carbocycles. The van der Waals surface area contributed by atoms with Crippen LogP contribution in [0.2, 0.25) is 0 Å². The summed E-state index contributed by atoms with van der Waals surface area (Å²) in [6.07, 6.45) is 0. The van der Waals surface area contributed by atoms with Crippen molar-refractivity contribution in [2.45, 2.75) is 20.8 Å². The van der Waals surface area contributed by atoms with E-state index in [0.29, 0.717) is 22.7 Å². The van der Waals surface area contributed by atoms with Crippen molar-refractivity contribution in [2.24, 2.45) is 7.05 Å². The number of esters is 1. The molecule has 128 valence electrons. The van der Waals surface area contributed by atoms with Gasteiger partial charge in [0, 0.05) is 7.05 Å². The predicted octanol–water partition coefficient (Wildman–Crippen LogP) is 2.15. The summed E-state index contributed by atoms with van der Waals surface area (Å²) in [6, 6.07) is 4.98. The Kier molecular flexibility index (Phi) is 5.23. The SMILES string of the molecule is COc1cc(C(=O)OCC(=O)Nc2c(C)nn(C)c2C)ccc1C. The number of hydrogen-bond donors (Lipinski definition) is 1. The lowest BCUT2D eigenvalue weighted by Crippen LogP contribution is -2.21. The van der Waals surface area contributed by atoms with Crippen LogP contribution in [0.3, 0.4) is 0 Å². The second kappa shape index (κ2) is 7.16. The highest BCUT2D eigenvalue weighted by atomic mass is 16.5. The summed E-state index contributed by atoms with van der Waals surface area (Å²) < 4.78 is 11.9. The van der Waals surface area contributed by atoms with E-state index in [1.807, 2.05) is 13.8 Å². The molecule has 1 aromatic heterocycles. The zero-order valence-electron chi connectivity index (χ0n) is 14.5. The number of rotatable bonds is 5. The number of amides is 1. The summed E-state index contributed by atoms with van der Waals surface area (Å²) in [7, 11) is 3.33. The number of ether oxygens (including phenoxy) is 2. The summed E-state index contributed by atoms with van der Waals surface area (Å²) in [6.45, 7) is 5.15. The Labute approximate surface area is 140 Å². The summed E-state index contributed by atoms with van der Waals surface area (Å²) in [5.74, 6) is -0.403. The smallest absolute Gasteiger partial charge is 0.338 e. The van der Waals surface area contributed by atoms with Gasteiger partial charge in [0.05, 0.1) is 29.7 Å². The number of carbonyl (C=O) groups excluding carboxylic acids is 2. The molecule has 7 heteroatoms. The molecule has 0 radical (unpaired) electrons. The van der Waals surface area contributed by atoms with Gasteiger partial charge in [-0.25, -0.2) is 4.79 Å². The molecule has 0 bridgehead atoms. The van der Waals surface area contributed by atoms with Crippen LogP contribution in [-0.4, -0.2) is 35.4 Å². The first-order chi connectivity index (χ1) is 11.3. The molecule has 2 aromatic rings. The van der Waals surface area contributed by atoms with Crippen molar-refractivity contribution in [3.05, 3.63) is 40.7 Å². The lowest BCUT2D eigenvalue weighted by molar-refractivity contribution is -0.119. The number of methoxy groups -OCH3 is 1. The van der Waals surface area contributed by atoms with Crippen LogP contribution in [0.1, 0.15) is 27.3 Å². The van der Waals surface area contributed by atoms with Gasteiger partial charge in [-0.05, 0) is 38.5 Å². The molecule has 0 spiro atoms. The Balaban J connectivity index is 1.97. The van der Waals surface area contributed by atoms with Gasteiger partial charge in [0.25, 0.3) is 5.91 Å². The zero-order chi connectivity index (χ0) is 17.9. The Morgan fingerprint density at radius 2 is 1.96 bits per heavy atom. The van der Waals surface area contributed by atoms with Crippen molar-refractivity contribution in [3.63, 3.8) is 0 Å². The van der Waals surface area contributed by atoms with Crippen LogP contribution in [0.4, 0.5) is 5.69 Å². The molecule has 0 atom stereocenters. The van der Waals surface area contributed by atoms with Crippen molar-refractivity contribution in [2.75, 3.05) is 19.0 Å². The molecular weight excluding hydrogens is 310 g/mol. The molecule has 1 N–H and O–H groups in total. The molecule has 0 fully saturated rings. The minimum Gasteiger partial charge on any atom is -0.496 e. The minimum atomic E-state index is -0.580. The number of nitrogens with one attached hydrogen (secondary N) is 1. The van der Waals surface area contributed by atoms with E-state index in [0.717, 1.165) is 11.3 Å². The molecule has 0 saturated carbocycles. The molecule has 0 unspecified atom stereocenters. The van der Waals surface area contributed by atoms with E-state index in [9.17, 15) is 9.59 Å². The number of nitrogens with zero attached hydrogens (tertiary/aromatic N) is 2. The average Bonchev–Trinajstić information content (AvgIpc) is 2.79. The normalized spacial score (nSPS) is 10.4. The summed E-state index contributed by atoms with van der Waals surface area (Å²) in [5, 5.41) is 6.93. The quantitative estimate of drug-likeness (QED) is 0.849. The van der Waals surface area contributed by atoms with Crippen molar-refractivity contribution >= 4 is 17.6 Å². The maximum Gasteiger partial charge on any atom is 0.338 e. The first kappa shape index (κ1) is 17.5.